The summed E-state index contributed by atoms with van der Waals surface area (Å²) < 4.78 is 5.78. The van der Waals surface area contributed by atoms with Gasteiger partial charge in [0, 0.05) is 12.6 Å². The molecule has 1 aromatic carbocycles. The Morgan fingerprint density at radius 2 is 2.19 bits per heavy atom. The first-order chi connectivity index (χ1) is 7.90. The van der Waals surface area contributed by atoms with Crippen LogP contribution >= 0.6 is 0 Å². The molecule has 1 fully saturated rings. The van der Waals surface area contributed by atoms with E-state index in [4.69, 9.17) is 4.74 Å². The van der Waals surface area contributed by atoms with Gasteiger partial charge >= 0.3 is 0 Å². The third kappa shape index (κ3) is 3.06. The fraction of sp³-hybridized carbons (Fsp3) is 0.571. The summed E-state index contributed by atoms with van der Waals surface area (Å²) >= 11 is 0. The Balaban J connectivity index is 1.96. The number of ether oxygens (including phenoxy) is 1. The number of benzene rings is 1. The lowest BCUT2D eigenvalue weighted by molar-refractivity contribution is 0.0789. The lowest BCUT2D eigenvalue weighted by Gasteiger charge is -2.23. The second-order valence-electron chi connectivity index (χ2n) is 4.41. The van der Waals surface area contributed by atoms with E-state index >= 15 is 0 Å². The van der Waals surface area contributed by atoms with E-state index in [1.165, 1.54) is 18.4 Å². The first-order valence-electron chi connectivity index (χ1n) is 6.29. The topological polar surface area (TPSA) is 21.3 Å². The molecular weight excluding hydrogens is 198 g/mol. The molecule has 88 valence electrons. The lowest BCUT2D eigenvalue weighted by atomic mass is 9.99. The molecule has 0 amide bonds. The van der Waals surface area contributed by atoms with E-state index in [-0.39, 0.29) is 0 Å². The summed E-state index contributed by atoms with van der Waals surface area (Å²) in [5, 5.41) is 3.55. The highest BCUT2D eigenvalue weighted by atomic mass is 16.5. The normalized spacial score (nSPS) is 22.2. The van der Waals surface area contributed by atoms with Gasteiger partial charge in [-0.25, -0.2) is 0 Å². The molecule has 0 radical (unpaired) electrons. The third-order valence-corrected chi connectivity index (χ3v) is 3.18. The van der Waals surface area contributed by atoms with Crippen LogP contribution in [0.5, 0.6) is 0 Å². The maximum absolute atomic E-state index is 5.78. The second-order valence-corrected chi connectivity index (χ2v) is 4.41. The van der Waals surface area contributed by atoms with Crippen molar-refractivity contribution in [2.45, 2.75) is 38.3 Å². The fourth-order valence-electron chi connectivity index (χ4n) is 2.39. The maximum atomic E-state index is 5.78. The van der Waals surface area contributed by atoms with Gasteiger partial charge in [0.05, 0.1) is 6.10 Å². The molecule has 2 heteroatoms. The Kier molecular flexibility index (Phi) is 4.37. The third-order valence-electron chi connectivity index (χ3n) is 3.18. The monoisotopic (exact) mass is 219 g/mol. The highest BCUT2D eigenvalue weighted by Crippen LogP contribution is 2.18. The molecule has 2 rings (SSSR count). The van der Waals surface area contributed by atoms with Gasteiger partial charge in [0.1, 0.15) is 0 Å². The minimum absolute atomic E-state index is 0.403. The Labute approximate surface area is 98.0 Å². The molecule has 16 heavy (non-hydrogen) atoms. The predicted octanol–water partition coefficient (Wildman–Crippen LogP) is 2.39. The largest absolute Gasteiger partial charge is 0.377 e. The first-order valence-corrected chi connectivity index (χ1v) is 6.29. The molecule has 2 atom stereocenters. The zero-order chi connectivity index (χ0) is 11.2. The van der Waals surface area contributed by atoms with Gasteiger partial charge in [-0.2, -0.15) is 0 Å². The molecule has 1 aliphatic rings. The summed E-state index contributed by atoms with van der Waals surface area (Å²) in [6, 6.07) is 11.1. The van der Waals surface area contributed by atoms with Crippen LogP contribution in [0.3, 0.4) is 0 Å². The van der Waals surface area contributed by atoms with Gasteiger partial charge in [-0.1, -0.05) is 37.3 Å². The summed E-state index contributed by atoms with van der Waals surface area (Å²) in [4.78, 5) is 0. The number of nitrogens with one attached hydrogen (secondary N) is 1. The van der Waals surface area contributed by atoms with Crippen molar-refractivity contribution in [1.29, 1.82) is 0 Å². The SMILES string of the molecule is CCNC(Cc1ccccc1)[C@H]1CCCO1. The van der Waals surface area contributed by atoms with Crippen molar-refractivity contribution in [1.82, 2.24) is 5.32 Å². The van der Waals surface area contributed by atoms with Crippen molar-refractivity contribution < 1.29 is 4.74 Å². The van der Waals surface area contributed by atoms with Crippen molar-refractivity contribution in [3.8, 4) is 0 Å². The summed E-state index contributed by atoms with van der Waals surface area (Å²) in [5.41, 5.74) is 1.39. The Bertz CT molecular complexity index is 293. The van der Waals surface area contributed by atoms with Gasteiger partial charge in [0.15, 0.2) is 0 Å². The quantitative estimate of drug-likeness (QED) is 0.821. The van der Waals surface area contributed by atoms with E-state index in [1.54, 1.807) is 0 Å². The molecule has 1 N–H and O–H groups in total. The molecule has 1 saturated heterocycles. The summed E-state index contributed by atoms with van der Waals surface area (Å²) in [7, 11) is 0. The van der Waals surface area contributed by atoms with Crippen LogP contribution in [-0.2, 0) is 11.2 Å². The standard InChI is InChI=1S/C14H21NO/c1-2-15-13(14-9-6-10-16-14)11-12-7-4-3-5-8-12/h3-5,7-8,13-15H,2,6,9-11H2,1H3/t13?,14-/m1/s1. The van der Waals surface area contributed by atoms with E-state index in [0.29, 0.717) is 12.1 Å². The highest BCUT2D eigenvalue weighted by molar-refractivity contribution is 5.16. The predicted molar refractivity (Wildman–Crippen MR) is 66.6 cm³/mol. The molecule has 0 spiro atoms. The van der Waals surface area contributed by atoms with Gasteiger partial charge in [0.2, 0.25) is 0 Å². The number of hydrogen-bond donors (Lipinski definition) is 1. The zero-order valence-electron chi connectivity index (χ0n) is 9.99. The summed E-state index contributed by atoms with van der Waals surface area (Å²) in [5.74, 6) is 0. The molecule has 1 unspecified atom stereocenters. The minimum Gasteiger partial charge on any atom is -0.377 e. The van der Waals surface area contributed by atoms with Gasteiger partial charge in [-0.05, 0) is 31.4 Å². The van der Waals surface area contributed by atoms with E-state index in [0.717, 1.165) is 19.6 Å². The zero-order valence-corrected chi connectivity index (χ0v) is 9.99. The molecular formula is C14H21NO. The van der Waals surface area contributed by atoms with E-state index in [9.17, 15) is 0 Å². The molecule has 0 saturated carbocycles. The number of likely N-dealkylation sites (N-methyl/N-ethyl adjacent to an activating group) is 1. The van der Waals surface area contributed by atoms with E-state index in [2.05, 4.69) is 42.6 Å². The molecule has 1 aliphatic heterocycles. The van der Waals surface area contributed by atoms with Crippen LogP contribution < -0.4 is 5.32 Å². The molecule has 0 bridgehead atoms. The van der Waals surface area contributed by atoms with Crippen LogP contribution in [0, 0.1) is 0 Å². The average molecular weight is 219 g/mol. The molecule has 1 heterocycles. The highest BCUT2D eigenvalue weighted by Gasteiger charge is 2.25. The van der Waals surface area contributed by atoms with Crippen LogP contribution in [-0.4, -0.2) is 25.3 Å². The maximum Gasteiger partial charge on any atom is 0.0732 e. The molecule has 2 nitrogen and oxygen atoms in total. The summed E-state index contributed by atoms with van der Waals surface area (Å²) in [6.45, 7) is 4.10. The van der Waals surface area contributed by atoms with Gasteiger partial charge in [-0.15, -0.1) is 0 Å². The van der Waals surface area contributed by atoms with Crippen LogP contribution in [0.2, 0.25) is 0 Å². The lowest BCUT2D eigenvalue weighted by Crippen LogP contribution is -2.41. The number of rotatable bonds is 5. The Morgan fingerprint density at radius 1 is 1.38 bits per heavy atom. The van der Waals surface area contributed by atoms with Gasteiger partial charge in [0.25, 0.3) is 0 Å². The van der Waals surface area contributed by atoms with Gasteiger partial charge < -0.3 is 10.1 Å². The number of hydrogen-bond acceptors (Lipinski definition) is 2. The molecule has 0 aliphatic carbocycles. The second kappa shape index (κ2) is 6.02. The van der Waals surface area contributed by atoms with Crippen molar-refractivity contribution in [2.75, 3.05) is 13.2 Å². The van der Waals surface area contributed by atoms with Crippen LogP contribution in [0.1, 0.15) is 25.3 Å². The average Bonchev–Trinajstić information content (AvgIpc) is 2.83. The molecule has 1 aromatic rings. The van der Waals surface area contributed by atoms with Crippen molar-refractivity contribution in [2.24, 2.45) is 0 Å². The summed E-state index contributed by atoms with van der Waals surface area (Å²) in [6.07, 6.45) is 3.88. The van der Waals surface area contributed by atoms with Crippen molar-refractivity contribution in [3.05, 3.63) is 35.9 Å². The van der Waals surface area contributed by atoms with E-state index < -0.39 is 0 Å². The van der Waals surface area contributed by atoms with Crippen LogP contribution in [0.4, 0.5) is 0 Å². The Hall–Kier alpha value is -0.860. The van der Waals surface area contributed by atoms with Crippen molar-refractivity contribution >= 4 is 0 Å². The van der Waals surface area contributed by atoms with Crippen molar-refractivity contribution in [3.63, 3.8) is 0 Å². The fourth-order valence-corrected chi connectivity index (χ4v) is 2.39. The van der Waals surface area contributed by atoms with Crippen LogP contribution in [0.25, 0.3) is 0 Å². The Morgan fingerprint density at radius 3 is 2.81 bits per heavy atom. The first kappa shape index (κ1) is 11.6. The van der Waals surface area contributed by atoms with E-state index in [1.807, 2.05) is 0 Å². The smallest absolute Gasteiger partial charge is 0.0732 e. The van der Waals surface area contributed by atoms with Crippen LogP contribution in [0.15, 0.2) is 30.3 Å². The van der Waals surface area contributed by atoms with Gasteiger partial charge in [-0.3, -0.25) is 0 Å². The molecule has 0 aromatic heterocycles. The minimum atomic E-state index is 0.403.